The third kappa shape index (κ3) is 5.42. The Balaban J connectivity index is 1.95. The summed E-state index contributed by atoms with van der Waals surface area (Å²) in [6.45, 7) is 2.15. The Hall–Kier alpha value is 0.0195. The summed E-state index contributed by atoms with van der Waals surface area (Å²) in [5, 5.41) is 3.71. The third-order valence-corrected chi connectivity index (χ3v) is 5.61. The zero-order chi connectivity index (χ0) is 14.2. The number of aliphatic imine (C=N–C) groups is 1. The van der Waals surface area contributed by atoms with E-state index < -0.39 is 0 Å². The molecule has 2 fully saturated rings. The van der Waals surface area contributed by atoms with Crippen LogP contribution in [0.5, 0.6) is 0 Å². The Kier molecular flexibility index (Phi) is 7.48. The van der Waals surface area contributed by atoms with E-state index in [1.807, 2.05) is 0 Å². The fourth-order valence-electron chi connectivity index (χ4n) is 3.29. The molecule has 114 valence electrons. The number of hydrogen-bond donors (Lipinski definition) is 1. The Labute approximate surface area is 134 Å². The SMILES string of the molecule is CC(=NC1CCCCC1)/C(=C\[Se]Cl)NC1CCCCC1. The average molecular weight is 362 g/mol. The van der Waals surface area contributed by atoms with Crippen LogP contribution in [-0.4, -0.2) is 31.8 Å². The van der Waals surface area contributed by atoms with Crippen LogP contribution in [0.4, 0.5) is 0 Å². The van der Waals surface area contributed by atoms with Crippen LogP contribution in [-0.2, 0) is 0 Å². The van der Waals surface area contributed by atoms with Crippen LogP contribution in [0.2, 0.25) is 0 Å². The number of nitrogens with zero attached hydrogens (tertiary/aromatic N) is 1. The topological polar surface area (TPSA) is 24.4 Å². The molecule has 20 heavy (non-hydrogen) atoms. The molecule has 2 rings (SSSR count). The van der Waals surface area contributed by atoms with Crippen LogP contribution in [0.3, 0.4) is 0 Å². The van der Waals surface area contributed by atoms with Gasteiger partial charge in [-0.05, 0) is 0 Å². The van der Waals surface area contributed by atoms with Crippen molar-refractivity contribution >= 4 is 29.9 Å². The van der Waals surface area contributed by atoms with Gasteiger partial charge in [0.1, 0.15) is 0 Å². The summed E-state index contributed by atoms with van der Waals surface area (Å²) in [5.41, 5.74) is 2.38. The van der Waals surface area contributed by atoms with Crippen molar-refractivity contribution in [1.29, 1.82) is 0 Å². The van der Waals surface area contributed by atoms with Crippen LogP contribution in [0, 0.1) is 0 Å². The number of halogens is 1. The molecule has 0 heterocycles. The summed E-state index contributed by atoms with van der Waals surface area (Å²) in [7, 11) is 5.99. The molecule has 0 aromatic rings. The average Bonchev–Trinajstić information content (AvgIpc) is 2.49. The van der Waals surface area contributed by atoms with E-state index >= 15 is 0 Å². The predicted molar refractivity (Wildman–Crippen MR) is 89.7 cm³/mol. The van der Waals surface area contributed by atoms with Gasteiger partial charge in [0, 0.05) is 0 Å². The Morgan fingerprint density at radius 3 is 2.25 bits per heavy atom. The quantitative estimate of drug-likeness (QED) is 0.569. The van der Waals surface area contributed by atoms with E-state index in [-0.39, 0.29) is 14.0 Å². The third-order valence-electron chi connectivity index (χ3n) is 4.47. The summed E-state index contributed by atoms with van der Waals surface area (Å²) in [6.07, 6.45) is 13.3. The molecule has 4 heteroatoms. The van der Waals surface area contributed by atoms with Crippen molar-refractivity contribution in [3.05, 3.63) is 10.7 Å². The number of nitrogens with one attached hydrogen (secondary N) is 1. The second-order valence-electron chi connectivity index (χ2n) is 6.11. The van der Waals surface area contributed by atoms with Gasteiger partial charge in [0.15, 0.2) is 0 Å². The van der Waals surface area contributed by atoms with Gasteiger partial charge >= 0.3 is 134 Å². The van der Waals surface area contributed by atoms with Crippen LogP contribution in [0.25, 0.3) is 0 Å². The van der Waals surface area contributed by atoms with E-state index in [0.29, 0.717) is 12.1 Å². The summed E-state index contributed by atoms with van der Waals surface area (Å²) < 4.78 is 0. The molecule has 0 spiro atoms. The standard InChI is InChI=1S/C16H27ClN2Se/c1-13(18-14-8-4-2-5-9-14)16(12-20-17)19-15-10-6-3-7-11-15/h12,14-15,19H,2-11H2,1H3/b16-12+,18-13?. The predicted octanol–water partition coefficient (Wildman–Crippen LogP) is 4.40. The molecular formula is C16H27ClN2Se. The molecule has 0 atom stereocenters. The number of allylic oxidation sites excluding steroid dienone is 1. The van der Waals surface area contributed by atoms with Gasteiger partial charge in [-0.1, -0.05) is 0 Å². The van der Waals surface area contributed by atoms with Gasteiger partial charge in [-0.25, -0.2) is 0 Å². The van der Waals surface area contributed by atoms with Gasteiger partial charge in [0.05, 0.1) is 0 Å². The van der Waals surface area contributed by atoms with Gasteiger partial charge in [0.2, 0.25) is 0 Å². The summed E-state index contributed by atoms with van der Waals surface area (Å²) in [4.78, 5) is 7.12. The molecule has 0 unspecified atom stereocenters. The van der Waals surface area contributed by atoms with Crippen LogP contribution in [0.1, 0.15) is 71.1 Å². The van der Waals surface area contributed by atoms with Crippen molar-refractivity contribution in [3.63, 3.8) is 0 Å². The summed E-state index contributed by atoms with van der Waals surface area (Å²) in [6, 6.07) is 1.17. The fourth-order valence-corrected chi connectivity index (χ4v) is 4.44. The van der Waals surface area contributed by atoms with Crippen LogP contribution in [0.15, 0.2) is 15.7 Å². The van der Waals surface area contributed by atoms with Crippen molar-refractivity contribution in [2.45, 2.75) is 83.2 Å². The first-order valence-electron chi connectivity index (χ1n) is 8.08. The molecule has 2 aliphatic rings. The Morgan fingerprint density at radius 1 is 1.05 bits per heavy atom. The minimum atomic E-state index is 0.0420. The van der Waals surface area contributed by atoms with E-state index in [1.54, 1.807) is 0 Å². The molecule has 2 nitrogen and oxygen atoms in total. The number of rotatable bonds is 5. The van der Waals surface area contributed by atoms with Crippen molar-refractivity contribution in [1.82, 2.24) is 5.32 Å². The van der Waals surface area contributed by atoms with Gasteiger partial charge in [-0.3, -0.25) is 0 Å². The molecule has 0 aromatic carbocycles. The van der Waals surface area contributed by atoms with Crippen molar-refractivity contribution in [2.24, 2.45) is 4.99 Å². The molecule has 0 saturated heterocycles. The molecular weight excluding hydrogens is 335 g/mol. The van der Waals surface area contributed by atoms with Crippen molar-refractivity contribution in [3.8, 4) is 0 Å². The first-order chi connectivity index (χ1) is 9.79. The number of hydrogen-bond acceptors (Lipinski definition) is 2. The van der Waals surface area contributed by atoms with E-state index in [4.69, 9.17) is 15.1 Å². The summed E-state index contributed by atoms with van der Waals surface area (Å²) in [5.74, 6) is 0. The second-order valence-corrected chi connectivity index (χ2v) is 7.90. The van der Waals surface area contributed by atoms with Crippen LogP contribution >= 0.6 is 10.1 Å². The molecule has 2 saturated carbocycles. The normalized spacial score (nSPS) is 23.9. The maximum absolute atomic E-state index is 5.99. The van der Waals surface area contributed by atoms with E-state index in [1.165, 1.54) is 75.6 Å². The van der Waals surface area contributed by atoms with Gasteiger partial charge < -0.3 is 0 Å². The molecule has 1 N–H and O–H groups in total. The van der Waals surface area contributed by atoms with E-state index in [9.17, 15) is 0 Å². The van der Waals surface area contributed by atoms with Crippen molar-refractivity contribution < 1.29 is 0 Å². The Morgan fingerprint density at radius 2 is 1.65 bits per heavy atom. The van der Waals surface area contributed by atoms with E-state index in [2.05, 4.69) is 17.2 Å². The molecule has 0 radical (unpaired) electrons. The van der Waals surface area contributed by atoms with Gasteiger partial charge in [0.25, 0.3) is 0 Å². The molecule has 2 aliphatic carbocycles. The van der Waals surface area contributed by atoms with Crippen molar-refractivity contribution in [2.75, 3.05) is 0 Å². The maximum atomic E-state index is 5.99. The molecule has 0 amide bonds. The molecule has 0 aromatic heterocycles. The molecule has 0 aliphatic heterocycles. The van der Waals surface area contributed by atoms with Crippen LogP contribution < -0.4 is 5.32 Å². The second kappa shape index (κ2) is 9.12. The zero-order valence-electron chi connectivity index (χ0n) is 12.5. The fraction of sp³-hybridized carbons (Fsp3) is 0.812. The molecule has 0 bridgehead atoms. The first kappa shape index (κ1) is 16.4. The first-order valence-corrected chi connectivity index (χ1v) is 11.3. The van der Waals surface area contributed by atoms with E-state index in [0.717, 1.165) is 0 Å². The van der Waals surface area contributed by atoms with Gasteiger partial charge in [-0.2, -0.15) is 0 Å². The summed E-state index contributed by atoms with van der Waals surface area (Å²) >= 11 is 0.0420. The zero-order valence-corrected chi connectivity index (χ0v) is 15.0. The Bertz CT molecular complexity index is 342. The minimum absolute atomic E-state index is 0.0420. The van der Waals surface area contributed by atoms with Gasteiger partial charge in [-0.15, -0.1) is 0 Å². The monoisotopic (exact) mass is 362 g/mol.